The molecule has 0 bridgehead atoms. The van der Waals surface area contributed by atoms with Crippen LogP contribution >= 0.6 is 0 Å². The average Bonchev–Trinajstić information content (AvgIpc) is 3.21. The van der Waals surface area contributed by atoms with Crippen LogP contribution in [0.4, 0.5) is 0 Å². The molecule has 0 aliphatic carbocycles. The summed E-state index contributed by atoms with van der Waals surface area (Å²) in [6, 6.07) is 16.4. The number of hydrogen-bond acceptors (Lipinski definition) is 7. The molecule has 0 N–H and O–H groups in total. The zero-order valence-electron chi connectivity index (χ0n) is 16.8. The van der Waals surface area contributed by atoms with Crippen molar-refractivity contribution < 1.29 is 23.5 Å². The van der Waals surface area contributed by atoms with E-state index in [9.17, 15) is 4.79 Å². The molecular formula is C23H20N2O5. The molecule has 0 radical (unpaired) electrons. The van der Waals surface area contributed by atoms with Crippen LogP contribution in [0.2, 0.25) is 0 Å². The molecule has 7 nitrogen and oxygen atoms in total. The van der Waals surface area contributed by atoms with Gasteiger partial charge in [0.2, 0.25) is 0 Å². The fourth-order valence-corrected chi connectivity index (χ4v) is 3.19. The van der Waals surface area contributed by atoms with Crippen molar-refractivity contribution in [2.45, 2.75) is 13.5 Å². The highest BCUT2D eigenvalue weighted by molar-refractivity contribution is 6.04. The third-order valence-corrected chi connectivity index (χ3v) is 4.64. The van der Waals surface area contributed by atoms with Crippen LogP contribution in [0.1, 0.15) is 21.8 Å². The van der Waals surface area contributed by atoms with Gasteiger partial charge in [-0.25, -0.2) is 9.78 Å². The largest absolute Gasteiger partial charge is 0.493 e. The molecule has 152 valence electrons. The fourth-order valence-electron chi connectivity index (χ4n) is 3.19. The summed E-state index contributed by atoms with van der Waals surface area (Å²) in [7, 11) is 3.15. The first-order valence-electron chi connectivity index (χ1n) is 9.30. The molecule has 30 heavy (non-hydrogen) atoms. The average molecular weight is 404 g/mol. The summed E-state index contributed by atoms with van der Waals surface area (Å²) in [6.07, 6.45) is 0. The summed E-state index contributed by atoms with van der Waals surface area (Å²) in [5.41, 5.74) is 3.08. The van der Waals surface area contributed by atoms with Gasteiger partial charge in [-0.05, 0) is 37.3 Å². The molecule has 4 aromatic rings. The summed E-state index contributed by atoms with van der Waals surface area (Å²) in [5.74, 6) is 1.39. The lowest BCUT2D eigenvalue weighted by Gasteiger charge is -2.12. The Morgan fingerprint density at radius 2 is 1.80 bits per heavy atom. The van der Waals surface area contributed by atoms with Gasteiger partial charge in [-0.15, -0.1) is 0 Å². The number of nitrogens with zero attached hydrogens (tertiary/aromatic N) is 2. The van der Waals surface area contributed by atoms with Crippen molar-refractivity contribution in [2.24, 2.45) is 0 Å². The lowest BCUT2D eigenvalue weighted by molar-refractivity contribution is 0.0466. The normalized spacial score (nSPS) is 10.8. The molecule has 7 heteroatoms. The summed E-state index contributed by atoms with van der Waals surface area (Å²) in [4.78, 5) is 17.6. The van der Waals surface area contributed by atoms with Gasteiger partial charge in [-0.2, -0.15) is 0 Å². The van der Waals surface area contributed by atoms with Crippen molar-refractivity contribution in [1.82, 2.24) is 10.1 Å². The van der Waals surface area contributed by atoms with E-state index in [0.29, 0.717) is 45.1 Å². The van der Waals surface area contributed by atoms with Gasteiger partial charge in [0.15, 0.2) is 11.5 Å². The first-order chi connectivity index (χ1) is 14.6. The number of esters is 1. The Balaban J connectivity index is 1.73. The quantitative estimate of drug-likeness (QED) is 0.435. The molecule has 0 amide bonds. The molecule has 0 atom stereocenters. The highest BCUT2D eigenvalue weighted by atomic mass is 16.5. The van der Waals surface area contributed by atoms with Crippen molar-refractivity contribution in [3.05, 3.63) is 71.6 Å². The molecule has 0 spiro atoms. The number of ether oxygens (including phenoxy) is 3. The van der Waals surface area contributed by atoms with E-state index in [1.165, 1.54) is 0 Å². The monoisotopic (exact) mass is 404 g/mol. The lowest BCUT2D eigenvalue weighted by Crippen LogP contribution is -2.07. The maximum absolute atomic E-state index is 12.9. The molecule has 0 saturated heterocycles. The Kier molecular flexibility index (Phi) is 5.34. The van der Waals surface area contributed by atoms with Gasteiger partial charge in [0, 0.05) is 17.0 Å². The van der Waals surface area contributed by atoms with Crippen molar-refractivity contribution in [3.8, 4) is 22.8 Å². The Morgan fingerprint density at radius 3 is 2.53 bits per heavy atom. The summed E-state index contributed by atoms with van der Waals surface area (Å²) < 4.78 is 21.2. The third-order valence-electron chi connectivity index (χ3n) is 4.64. The number of aromatic nitrogens is 2. The minimum atomic E-state index is -0.462. The number of para-hydroxylation sites is 1. The number of carbonyl (C=O) groups is 1. The van der Waals surface area contributed by atoms with E-state index in [0.717, 1.165) is 5.56 Å². The first kappa shape index (κ1) is 19.4. The van der Waals surface area contributed by atoms with Crippen LogP contribution in [-0.2, 0) is 11.3 Å². The Hall–Kier alpha value is -3.87. The number of pyridine rings is 1. The van der Waals surface area contributed by atoms with Gasteiger partial charge in [-0.3, -0.25) is 0 Å². The highest BCUT2D eigenvalue weighted by Gasteiger charge is 2.17. The van der Waals surface area contributed by atoms with Gasteiger partial charge >= 0.3 is 5.97 Å². The zero-order chi connectivity index (χ0) is 21.1. The zero-order valence-corrected chi connectivity index (χ0v) is 16.8. The SMILES string of the molecule is COc1ccc(-c2cc(C(=O)OCc3cc(C)on3)c3ccccc3n2)cc1OC. The van der Waals surface area contributed by atoms with E-state index in [1.54, 1.807) is 39.3 Å². The maximum atomic E-state index is 12.9. The number of hydrogen-bond donors (Lipinski definition) is 0. The number of rotatable bonds is 6. The molecule has 0 unspecified atom stereocenters. The highest BCUT2D eigenvalue weighted by Crippen LogP contribution is 2.33. The predicted molar refractivity (Wildman–Crippen MR) is 111 cm³/mol. The van der Waals surface area contributed by atoms with Crippen LogP contribution in [0.25, 0.3) is 22.2 Å². The van der Waals surface area contributed by atoms with Crippen LogP contribution in [-0.4, -0.2) is 30.3 Å². The second kappa shape index (κ2) is 8.24. The van der Waals surface area contributed by atoms with E-state index in [4.69, 9.17) is 23.7 Å². The molecule has 0 aliphatic rings. The van der Waals surface area contributed by atoms with Gasteiger partial charge in [0.1, 0.15) is 18.1 Å². The van der Waals surface area contributed by atoms with Crippen molar-refractivity contribution in [3.63, 3.8) is 0 Å². The van der Waals surface area contributed by atoms with Gasteiger partial charge in [0.25, 0.3) is 0 Å². The number of fused-ring (bicyclic) bond motifs is 1. The molecule has 2 aromatic carbocycles. The van der Waals surface area contributed by atoms with Crippen LogP contribution in [0, 0.1) is 6.92 Å². The topological polar surface area (TPSA) is 83.7 Å². The van der Waals surface area contributed by atoms with Crippen LogP contribution in [0.5, 0.6) is 11.5 Å². The number of methoxy groups -OCH3 is 2. The third kappa shape index (κ3) is 3.82. The van der Waals surface area contributed by atoms with E-state index in [2.05, 4.69) is 5.16 Å². The molecule has 0 fully saturated rings. The van der Waals surface area contributed by atoms with E-state index in [1.807, 2.05) is 36.4 Å². The van der Waals surface area contributed by atoms with Gasteiger partial charge in [-0.1, -0.05) is 23.4 Å². The number of benzene rings is 2. The first-order valence-corrected chi connectivity index (χ1v) is 9.30. The predicted octanol–water partition coefficient (Wildman–Crippen LogP) is 4.57. The van der Waals surface area contributed by atoms with E-state index >= 15 is 0 Å². The summed E-state index contributed by atoms with van der Waals surface area (Å²) >= 11 is 0. The maximum Gasteiger partial charge on any atom is 0.339 e. The smallest absolute Gasteiger partial charge is 0.339 e. The number of carbonyl (C=O) groups excluding carboxylic acids is 1. The molecular weight excluding hydrogens is 384 g/mol. The Bertz CT molecular complexity index is 1220. The minimum absolute atomic E-state index is 0.0263. The summed E-state index contributed by atoms with van der Waals surface area (Å²) in [6.45, 7) is 1.81. The van der Waals surface area contributed by atoms with Crippen LogP contribution in [0.15, 0.2) is 59.1 Å². The molecule has 0 aliphatic heterocycles. The van der Waals surface area contributed by atoms with E-state index < -0.39 is 5.97 Å². The fraction of sp³-hybridized carbons (Fsp3) is 0.174. The second-order valence-corrected chi connectivity index (χ2v) is 6.65. The van der Waals surface area contributed by atoms with Crippen molar-refractivity contribution in [1.29, 1.82) is 0 Å². The Morgan fingerprint density at radius 1 is 1.00 bits per heavy atom. The lowest BCUT2D eigenvalue weighted by atomic mass is 10.0. The number of aryl methyl sites for hydroxylation is 1. The molecule has 0 saturated carbocycles. The van der Waals surface area contributed by atoms with Crippen LogP contribution < -0.4 is 9.47 Å². The summed E-state index contributed by atoms with van der Waals surface area (Å²) in [5, 5.41) is 4.57. The molecule has 2 heterocycles. The molecule has 4 rings (SSSR count). The minimum Gasteiger partial charge on any atom is -0.493 e. The van der Waals surface area contributed by atoms with Crippen molar-refractivity contribution in [2.75, 3.05) is 14.2 Å². The van der Waals surface area contributed by atoms with Gasteiger partial charge in [0.05, 0.1) is 31.0 Å². The van der Waals surface area contributed by atoms with Crippen molar-refractivity contribution >= 4 is 16.9 Å². The second-order valence-electron chi connectivity index (χ2n) is 6.65. The Labute approximate surface area is 173 Å². The molecule has 2 aromatic heterocycles. The van der Waals surface area contributed by atoms with Gasteiger partial charge < -0.3 is 18.7 Å². The van der Waals surface area contributed by atoms with Crippen LogP contribution in [0.3, 0.4) is 0 Å². The van der Waals surface area contributed by atoms with E-state index in [-0.39, 0.29) is 6.61 Å². The standard InChI is InChI=1S/C23H20N2O5/c1-14-10-16(25-30-14)13-29-23(26)18-12-20(24-19-7-5-4-6-17(18)19)15-8-9-21(27-2)22(11-15)28-3/h4-12H,13H2,1-3H3.